The molecule has 1 atom stereocenters. The molecule has 2 aliphatic heterocycles. The molecule has 0 unspecified atom stereocenters. The van der Waals surface area contributed by atoms with Crippen LogP contribution in [0.25, 0.3) is 0 Å². The highest BCUT2D eigenvalue weighted by Crippen LogP contribution is 2.42. The average molecular weight is 345 g/mol. The lowest BCUT2D eigenvalue weighted by molar-refractivity contribution is -0.136. The second-order valence-electron chi connectivity index (χ2n) is 6.26. The molecule has 5 nitrogen and oxygen atoms in total. The molecule has 1 aromatic heterocycles. The second-order valence-corrected chi connectivity index (χ2v) is 9.14. The highest BCUT2D eigenvalue weighted by Gasteiger charge is 2.52. The quantitative estimate of drug-likeness (QED) is 0.817. The van der Waals surface area contributed by atoms with Crippen LogP contribution < -0.4 is 4.72 Å². The van der Waals surface area contributed by atoms with Crippen LogP contribution in [0.5, 0.6) is 0 Å². The van der Waals surface area contributed by atoms with Crippen LogP contribution in [0.4, 0.5) is 0 Å². The number of rotatable bonds is 7. The number of ether oxygens (including phenoxy) is 1. The van der Waals surface area contributed by atoms with E-state index in [4.69, 9.17) is 4.74 Å². The third-order valence-corrected chi connectivity index (χ3v) is 6.90. The van der Waals surface area contributed by atoms with Gasteiger partial charge in [-0.1, -0.05) is 0 Å². The minimum absolute atomic E-state index is 0.0340. The normalized spacial score (nSPS) is 24.7. The monoisotopic (exact) mass is 344 g/mol. The van der Waals surface area contributed by atoms with E-state index in [1.165, 1.54) is 5.56 Å². The summed E-state index contributed by atoms with van der Waals surface area (Å²) in [7, 11) is -3.08. The van der Waals surface area contributed by atoms with Gasteiger partial charge in [-0.25, -0.2) is 13.1 Å². The van der Waals surface area contributed by atoms with Crippen molar-refractivity contribution in [3.8, 4) is 0 Å². The summed E-state index contributed by atoms with van der Waals surface area (Å²) in [6.45, 7) is 5.91. The molecule has 0 radical (unpaired) electrons. The summed E-state index contributed by atoms with van der Waals surface area (Å²) in [4.78, 5) is 2.41. The summed E-state index contributed by atoms with van der Waals surface area (Å²) in [5.41, 5.74) is 1.33. The Labute approximate surface area is 136 Å². The van der Waals surface area contributed by atoms with Crippen molar-refractivity contribution < 1.29 is 13.2 Å². The molecule has 1 spiro atoms. The molecular formula is C15H24N2O3S2. The zero-order valence-electron chi connectivity index (χ0n) is 13.0. The van der Waals surface area contributed by atoms with Crippen LogP contribution in [0.15, 0.2) is 16.8 Å². The second kappa shape index (κ2) is 6.57. The molecule has 3 heterocycles. The summed E-state index contributed by atoms with van der Waals surface area (Å²) < 4.78 is 31.7. The number of hydrogen-bond acceptors (Lipinski definition) is 5. The molecule has 22 heavy (non-hydrogen) atoms. The molecule has 0 amide bonds. The Morgan fingerprint density at radius 3 is 3.00 bits per heavy atom. The van der Waals surface area contributed by atoms with Crippen LogP contribution in [0.2, 0.25) is 0 Å². The van der Waals surface area contributed by atoms with Crippen LogP contribution in [0.1, 0.15) is 25.3 Å². The van der Waals surface area contributed by atoms with Crippen molar-refractivity contribution in [2.24, 2.45) is 5.92 Å². The van der Waals surface area contributed by atoms with E-state index in [1.54, 1.807) is 18.3 Å². The standard InChI is InChI=1S/C15H24N2O3S2/c1-2-22(18,19)16-6-3-14-4-7-20-15(14)11-17(12-15)9-13-5-8-21-10-13/h5,8,10,14,16H,2-4,6-7,9,11-12H2,1H3/t14-/m1/s1. The molecule has 2 aliphatic rings. The fraction of sp³-hybridized carbons (Fsp3) is 0.733. The lowest BCUT2D eigenvalue weighted by Gasteiger charge is -2.50. The summed E-state index contributed by atoms with van der Waals surface area (Å²) >= 11 is 1.73. The van der Waals surface area contributed by atoms with Crippen LogP contribution in [-0.2, 0) is 21.3 Å². The van der Waals surface area contributed by atoms with Gasteiger partial charge in [0.2, 0.25) is 10.0 Å². The first kappa shape index (κ1) is 16.4. The third kappa shape index (κ3) is 3.54. The Morgan fingerprint density at radius 1 is 1.50 bits per heavy atom. The molecule has 2 saturated heterocycles. The topological polar surface area (TPSA) is 58.6 Å². The first-order chi connectivity index (χ1) is 10.5. The number of likely N-dealkylation sites (tertiary alicyclic amines) is 1. The van der Waals surface area contributed by atoms with Crippen molar-refractivity contribution in [2.75, 3.05) is 32.0 Å². The maximum atomic E-state index is 11.5. The van der Waals surface area contributed by atoms with Gasteiger partial charge >= 0.3 is 0 Å². The lowest BCUT2D eigenvalue weighted by atomic mass is 9.79. The molecule has 2 fully saturated rings. The average Bonchev–Trinajstić information content (AvgIpc) is 3.08. The van der Waals surface area contributed by atoms with Crippen molar-refractivity contribution in [3.05, 3.63) is 22.4 Å². The summed E-state index contributed by atoms with van der Waals surface area (Å²) in [5.74, 6) is 0.610. The van der Waals surface area contributed by atoms with E-state index in [-0.39, 0.29) is 11.4 Å². The summed E-state index contributed by atoms with van der Waals surface area (Å²) in [6, 6.07) is 2.17. The van der Waals surface area contributed by atoms with E-state index in [9.17, 15) is 8.42 Å². The van der Waals surface area contributed by atoms with E-state index < -0.39 is 10.0 Å². The smallest absolute Gasteiger partial charge is 0.211 e. The predicted octanol–water partition coefficient (Wildman–Crippen LogP) is 1.67. The Bertz CT molecular complexity index is 580. The minimum Gasteiger partial charge on any atom is -0.372 e. The molecule has 3 rings (SSSR count). The number of sulfonamides is 1. The van der Waals surface area contributed by atoms with E-state index in [0.29, 0.717) is 12.5 Å². The van der Waals surface area contributed by atoms with Crippen LogP contribution in [0, 0.1) is 5.92 Å². The Hall–Kier alpha value is -0.470. The molecule has 124 valence electrons. The van der Waals surface area contributed by atoms with Gasteiger partial charge in [0.15, 0.2) is 0 Å². The van der Waals surface area contributed by atoms with Crippen LogP contribution in [0.3, 0.4) is 0 Å². The Balaban J connectivity index is 1.47. The molecule has 0 saturated carbocycles. The van der Waals surface area contributed by atoms with E-state index in [2.05, 4.69) is 26.4 Å². The Morgan fingerprint density at radius 2 is 2.32 bits per heavy atom. The van der Waals surface area contributed by atoms with Crippen molar-refractivity contribution in [1.29, 1.82) is 0 Å². The number of thiophene rings is 1. The van der Waals surface area contributed by atoms with Gasteiger partial charge in [0.1, 0.15) is 0 Å². The van der Waals surface area contributed by atoms with Gasteiger partial charge in [-0.2, -0.15) is 11.3 Å². The molecule has 0 aliphatic carbocycles. The number of hydrogen-bond donors (Lipinski definition) is 1. The lowest BCUT2D eigenvalue weighted by Crippen LogP contribution is -2.64. The van der Waals surface area contributed by atoms with Gasteiger partial charge in [-0.3, -0.25) is 4.90 Å². The zero-order chi connectivity index (χ0) is 15.6. The van der Waals surface area contributed by atoms with Crippen molar-refractivity contribution in [1.82, 2.24) is 9.62 Å². The Kier molecular flexibility index (Phi) is 4.89. The number of nitrogens with zero attached hydrogens (tertiary/aromatic N) is 1. The predicted molar refractivity (Wildman–Crippen MR) is 88.5 cm³/mol. The molecule has 1 N–H and O–H groups in total. The fourth-order valence-corrected chi connectivity index (χ4v) is 4.79. The van der Waals surface area contributed by atoms with Crippen molar-refractivity contribution in [3.63, 3.8) is 0 Å². The van der Waals surface area contributed by atoms with Gasteiger partial charge in [-0.15, -0.1) is 0 Å². The van der Waals surface area contributed by atoms with Gasteiger partial charge in [0.05, 0.1) is 11.4 Å². The van der Waals surface area contributed by atoms with Gasteiger partial charge in [0.25, 0.3) is 0 Å². The summed E-state index contributed by atoms with van der Waals surface area (Å²) in [6.07, 6.45) is 1.91. The molecular weight excluding hydrogens is 320 g/mol. The fourth-order valence-electron chi connectivity index (χ4n) is 3.50. The highest BCUT2D eigenvalue weighted by molar-refractivity contribution is 7.89. The van der Waals surface area contributed by atoms with Crippen molar-refractivity contribution >= 4 is 21.4 Å². The first-order valence-electron chi connectivity index (χ1n) is 7.88. The van der Waals surface area contributed by atoms with E-state index >= 15 is 0 Å². The maximum absolute atomic E-state index is 11.5. The molecule has 7 heteroatoms. The van der Waals surface area contributed by atoms with Crippen LogP contribution in [-0.4, -0.2) is 50.9 Å². The summed E-state index contributed by atoms with van der Waals surface area (Å²) in [5, 5.41) is 4.30. The highest BCUT2D eigenvalue weighted by atomic mass is 32.2. The van der Waals surface area contributed by atoms with Gasteiger partial charge in [0, 0.05) is 32.8 Å². The van der Waals surface area contributed by atoms with Crippen molar-refractivity contribution in [2.45, 2.75) is 31.9 Å². The largest absolute Gasteiger partial charge is 0.372 e. The van der Waals surface area contributed by atoms with Gasteiger partial charge in [-0.05, 0) is 48.1 Å². The molecule has 0 aromatic carbocycles. The number of nitrogens with one attached hydrogen (secondary N) is 1. The molecule has 1 aromatic rings. The van der Waals surface area contributed by atoms with E-state index in [1.807, 2.05) is 0 Å². The van der Waals surface area contributed by atoms with Gasteiger partial charge < -0.3 is 4.74 Å². The SMILES string of the molecule is CCS(=O)(=O)NCC[C@@H]1CCOC12CN(Cc1ccsc1)C2. The maximum Gasteiger partial charge on any atom is 0.211 e. The third-order valence-electron chi connectivity index (χ3n) is 4.76. The minimum atomic E-state index is -3.08. The first-order valence-corrected chi connectivity index (χ1v) is 10.5. The zero-order valence-corrected chi connectivity index (χ0v) is 14.6. The van der Waals surface area contributed by atoms with Crippen LogP contribution >= 0.6 is 11.3 Å². The van der Waals surface area contributed by atoms with E-state index in [0.717, 1.165) is 39.1 Å². The molecule has 0 bridgehead atoms.